The Morgan fingerprint density at radius 3 is 2.72 bits per heavy atom. The molecule has 0 radical (unpaired) electrons. The molecule has 0 amide bonds. The first-order chi connectivity index (χ1) is 8.93. The summed E-state index contributed by atoms with van der Waals surface area (Å²) in [5.74, 6) is 0. The summed E-state index contributed by atoms with van der Waals surface area (Å²) in [5, 5.41) is 11.4. The first-order valence-corrected chi connectivity index (χ1v) is 5.87. The standard InChI is InChI=1S/C14H10N4/c1-2-5-11-10(4-1)8-13-12(11)6-3-7-14(13)18-9-15-16-17-18/h1-7,9H,8H2. The van der Waals surface area contributed by atoms with Gasteiger partial charge in [0.05, 0.1) is 5.69 Å². The molecule has 1 heterocycles. The van der Waals surface area contributed by atoms with Gasteiger partial charge in [-0.1, -0.05) is 36.4 Å². The Kier molecular flexibility index (Phi) is 1.85. The van der Waals surface area contributed by atoms with Gasteiger partial charge in [-0.2, -0.15) is 0 Å². The van der Waals surface area contributed by atoms with Crippen LogP contribution in [-0.4, -0.2) is 20.2 Å². The maximum absolute atomic E-state index is 3.98. The van der Waals surface area contributed by atoms with Crippen molar-refractivity contribution in [2.24, 2.45) is 0 Å². The number of aromatic nitrogens is 4. The average Bonchev–Trinajstić information content (AvgIpc) is 3.05. The maximum atomic E-state index is 3.98. The van der Waals surface area contributed by atoms with Gasteiger partial charge in [0, 0.05) is 6.42 Å². The number of hydrogen-bond donors (Lipinski definition) is 0. The summed E-state index contributed by atoms with van der Waals surface area (Å²) < 4.78 is 1.73. The van der Waals surface area contributed by atoms with Crippen molar-refractivity contribution in [1.29, 1.82) is 0 Å². The van der Waals surface area contributed by atoms with Gasteiger partial charge in [0.25, 0.3) is 0 Å². The molecule has 0 N–H and O–H groups in total. The smallest absolute Gasteiger partial charge is 0.143 e. The summed E-state index contributed by atoms with van der Waals surface area (Å²) >= 11 is 0. The van der Waals surface area contributed by atoms with Gasteiger partial charge in [0.15, 0.2) is 0 Å². The van der Waals surface area contributed by atoms with Gasteiger partial charge in [-0.3, -0.25) is 0 Å². The van der Waals surface area contributed by atoms with E-state index in [1.165, 1.54) is 22.3 Å². The molecule has 0 spiro atoms. The van der Waals surface area contributed by atoms with E-state index in [2.05, 4.69) is 58.0 Å². The molecule has 0 saturated heterocycles. The minimum Gasteiger partial charge on any atom is -0.200 e. The molecule has 1 aromatic heterocycles. The van der Waals surface area contributed by atoms with E-state index in [0.717, 1.165) is 12.1 Å². The largest absolute Gasteiger partial charge is 0.200 e. The molecule has 0 bridgehead atoms. The summed E-state index contributed by atoms with van der Waals surface area (Å²) in [7, 11) is 0. The second kappa shape index (κ2) is 3.50. The van der Waals surface area contributed by atoms with Crippen LogP contribution >= 0.6 is 0 Å². The van der Waals surface area contributed by atoms with E-state index in [4.69, 9.17) is 0 Å². The van der Waals surface area contributed by atoms with E-state index in [9.17, 15) is 0 Å². The average molecular weight is 234 g/mol. The molecule has 0 aliphatic heterocycles. The van der Waals surface area contributed by atoms with Crippen molar-refractivity contribution in [3.8, 4) is 16.8 Å². The third-order valence-electron chi connectivity index (χ3n) is 3.42. The van der Waals surface area contributed by atoms with Crippen LogP contribution in [0.2, 0.25) is 0 Å². The van der Waals surface area contributed by atoms with E-state index >= 15 is 0 Å². The van der Waals surface area contributed by atoms with Gasteiger partial charge in [0.1, 0.15) is 6.33 Å². The molecule has 0 saturated carbocycles. The Labute approximate surface area is 104 Å². The van der Waals surface area contributed by atoms with Gasteiger partial charge in [-0.15, -0.1) is 5.10 Å². The molecule has 18 heavy (non-hydrogen) atoms. The summed E-state index contributed by atoms with van der Waals surface area (Å²) in [6.45, 7) is 0. The summed E-state index contributed by atoms with van der Waals surface area (Å²) in [6.07, 6.45) is 2.58. The number of benzene rings is 2. The topological polar surface area (TPSA) is 43.6 Å². The van der Waals surface area contributed by atoms with Gasteiger partial charge in [0.2, 0.25) is 0 Å². The normalized spacial score (nSPS) is 12.2. The molecule has 86 valence electrons. The second-order valence-electron chi connectivity index (χ2n) is 4.39. The first kappa shape index (κ1) is 9.53. The predicted molar refractivity (Wildman–Crippen MR) is 67.4 cm³/mol. The number of tetrazole rings is 1. The van der Waals surface area contributed by atoms with E-state index in [-0.39, 0.29) is 0 Å². The fourth-order valence-electron chi connectivity index (χ4n) is 2.63. The third-order valence-corrected chi connectivity index (χ3v) is 3.42. The molecular formula is C14H10N4. The van der Waals surface area contributed by atoms with Gasteiger partial charge in [-0.05, 0) is 38.7 Å². The van der Waals surface area contributed by atoms with Crippen LogP contribution in [0.4, 0.5) is 0 Å². The van der Waals surface area contributed by atoms with Gasteiger partial charge < -0.3 is 0 Å². The zero-order valence-electron chi connectivity index (χ0n) is 9.61. The third kappa shape index (κ3) is 1.23. The van der Waals surface area contributed by atoms with E-state index in [1.54, 1.807) is 11.0 Å². The highest BCUT2D eigenvalue weighted by molar-refractivity contribution is 5.79. The Bertz CT molecular complexity index is 716. The highest BCUT2D eigenvalue weighted by Gasteiger charge is 2.21. The molecule has 4 heteroatoms. The minimum absolute atomic E-state index is 0.946. The lowest BCUT2D eigenvalue weighted by atomic mass is 10.1. The number of nitrogens with zero attached hydrogens (tertiary/aromatic N) is 4. The molecule has 0 atom stereocenters. The number of fused-ring (bicyclic) bond motifs is 3. The van der Waals surface area contributed by atoms with Gasteiger partial charge in [-0.25, -0.2) is 4.68 Å². The number of rotatable bonds is 1. The quantitative estimate of drug-likeness (QED) is 0.507. The fourth-order valence-corrected chi connectivity index (χ4v) is 2.63. The van der Waals surface area contributed by atoms with Crippen LogP contribution in [0.1, 0.15) is 11.1 Å². The minimum atomic E-state index is 0.946. The number of hydrogen-bond acceptors (Lipinski definition) is 3. The summed E-state index contributed by atoms with van der Waals surface area (Å²) in [6, 6.07) is 14.8. The molecule has 4 rings (SSSR count). The summed E-state index contributed by atoms with van der Waals surface area (Å²) in [4.78, 5) is 0. The van der Waals surface area contributed by atoms with Crippen molar-refractivity contribution in [3.05, 3.63) is 59.9 Å². The van der Waals surface area contributed by atoms with Crippen LogP contribution in [0.15, 0.2) is 48.8 Å². The zero-order chi connectivity index (χ0) is 11.9. The molecule has 1 aliphatic rings. The van der Waals surface area contributed by atoms with Crippen molar-refractivity contribution >= 4 is 0 Å². The zero-order valence-corrected chi connectivity index (χ0v) is 9.61. The Morgan fingerprint density at radius 2 is 1.83 bits per heavy atom. The maximum Gasteiger partial charge on any atom is 0.143 e. The van der Waals surface area contributed by atoms with Crippen molar-refractivity contribution in [1.82, 2.24) is 20.2 Å². The van der Waals surface area contributed by atoms with Crippen molar-refractivity contribution < 1.29 is 0 Å². The SMILES string of the molecule is c1ccc2c(c1)Cc1c-2cccc1-n1cnnn1. The van der Waals surface area contributed by atoms with Crippen LogP contribution in [0.3, 0.4) is 0 Å². The van der Waals surface area contributed by atoms with Crippen LogP contribution in [0.5, 0.6) is 0 Å². The Balaban J connectivity index is 1.97. The van der Waals surface area contributed by atoms with Crippen molar-refractivity contribution in [2.45, 2.75) is 6.42 Å². The van der Waals surface area contributed by atoms with Crippen molar-refractivity contribution in [2.75, 3.05) is 0 Å². The van der Waals surface area contributed by atoms with Gasteiger partial charge >= 0.3 is 0 Å². The van der Waals surface area contributed by atoms with Crippen LogP contribution in [0.25, 0.3) is 16.8 Å². The molecule has 1 aliphatic carbocycles. The molecule has 2 aromatic carbocycles. The lowest BCUT2D eigenvalue weighted by Crippen LogP contribution is -1.99. The lowest BCUT2D eigenvalue weighted by Gasteiger charge is -2.06. The van der Waals surface area contributed by atoms with E-state index in [1.807, 2.05) is 0 Å². The fraction of sp³-hybridized carbons (Fsp3) is 0.0714. The van der Waals surface area contributed by atoms with E-state index in [0.29, 0.717) is 0 Å². The molecule has 4 nitrogen and oxygen atoms in total. The Hall–Kier alpha value is -2.49. The lowest BCUT2D eigenvalue weighted by molar-refractivity contribution is 0.784. The molecule has 0 fully saturated rings. The molecule has 3 aromatic rings. The monoisotopic (exact) mass is 234 g/mol. The van der Waals surface area contributed by atoms with E-state index < -0.39 is 0 Å². The second-order valence-corrected chi connectivity index (χ2v) is 4.39. The predicted octanol–water partition coefficient (Wildman–Crippen LogP) is 2.23. The molecule has 0 unspecified atom stereocenters. The Morgan fingerprint density at radius 1 is 0.944 bits per heavy atom. The molecular weight excluding hydrogens is 224 g/mol. The highest BCUT2D eigenvalue weighted by Crippen LogP contribution is 2.38. The van der Waals surface area contributed by atoms with Crippen molar-refractivity contribution in [3.63, 3.8) is 0 Å². The van der Waals surface area contributed by atoms with Crippen LogP contribution < -0.4 is 0 Å². The van der Waals surface area contributed by atoms with Crippen LogP contribution in [-0.2, 0) is 6.42 Å². The highest BCUT2D eigenvalue weighted by atomic mass is 15.5. The first-order valence-electron chi connectivity index (χ1n) is 5.87. The van der Waals surface area contributed by atoms with Crippen LogP contribution in [0, 0.1) is 0 Å². The summed E-state index contributed by atoms with van der Waals surface area (Å²) in [5.41, 5.74) is 6.34.